The largest absolute Gasteiger partial charge is 0.489 e. The summed E-state index contributed by atoms with van der Waals surface area (Å²) in [5, 5.41) is 9.54. The van der Waals surface area contributed by atoms with Crippen molar-refractivity contribution in [2.45, 2.75) is 19.1 Å². The van der Waals surface area contributed by atoms with Crippen LogP contribution in [0.4, 0.5) is 14.5 Å². The first-order valence-electron chi connectivity index (χ1n) is 7.21. The van der Waals surface area contributed by atoms with Gasteiger partial charge in [0.25, 0.3) is 0 Å². The molecule has 1 N–H and O–H groups in total. The molecule has 1 aliphatic heterocycles. The lowest BCUT2D eigenvalue weighted by Gasteiger charge is -2.18. The van der Waals surface area contributed by atoms with E-state index >= 15 is 0 Å². The summed E-state index contributed by atoms with van der Waals surface area (Å²) in [6, 6.07) is 11.3. The molecule has 1 fully saturated rings. The molecule has 0 aliphatic carbocycles. The number of anilines is 1. The Balaban J connectivity index is 1.60. The van der Waals surface area contributed by atoms with Crippen LogP contribution in [-0.4, -0.2) is 24.3 Å². The molecule has 22 heavy (non-hydrogen) atoms. The van der Waals surface area contributed by atoms with Crippen LogP contribution < -0.4 is 9.64 Å². The van der Waals surface area contributed by atoms with E-state index in [0.717, 1.165) is 30.8 Å². The van der Waals surface area contributed by atoms with E-state index < -0.39 is 11.6 Å². The lowest BCUT2D eigenvalue weighted by Crippen LogP contribution is -2.20. The molecule has 1 saturated heterocycles. The maximum atomic E-state index is 13.1. The Labute approximate surface area is 127 Å². The summed E-state index contributed by atoms with van der Waals surface area (Å²) in [6.07, 6.45) is 0.526. The van der Waals surface area contributed by atoms with Crippen molar-refractivity contribution in [3.63, 3.8) is 0 Å². The Morgan fingerprint density at radius 1 is 1.09 bits per heavy atom. The van der Waals surface area contributed by atoms with Crippen molar-refractivity contribution in [3.05, 3.63) is 59.7 Å². The lowest BCUT2D eigenvalue weighted by atomic mass is 10.2. The SMILES string of the molecule is O[C@@H]1CCN(c2ccc(OCc3ccc(F)c(F)c3)cc2)C1. The summed E-state index contributed by atoms with van der Waals surface area (Å²) < 4.78 is 31.5. The minimum absolute atomic E-state index is 0.180. The third kappa shape index (κ3) is 3.36. The van der Waals surface area contributed by atoms with Gasteiger partial charge in [-0.15, -0.1) is 0 Å². The number of hydrogen-bond donors (Lipinski definition) is 1. The number of rotatable bonds is 4. The zero-order chi connectivity index (χ0) is 15.5. The normalized spacial score (nSPS) is 17.8. The van der Waals surface area contributed by atoms with Crippen LogP contribution in [0.15, 0.2) is 42.5 Å². The van der Waals surface area contributed by atoms with Gasteiger partial charge in [-0.3, -0.25) is 0 Å². The van der Waals surface area contributed by atoms with Gasteiger partial charge in [-0.2, -0.15) is 0 Å². The highest BCUT2D eigenvalue weighted by molar-refractivity contribution is 5.50. The van der Waals surface area contributed by atoms with Gasteiger partial charge in [-0.25, -0.2) is 8.78 Å². The van der Waals surface area contributed by atoms with E-state index in [1.807, 2.05) is 24.3 Å². The number of β-amino-alcohol motifs (C(OH)–C–C–N with tert-alkyl or cyclic N) is 1. The molecule has 0 radical (unpaired) electrons. The molecule has 0 bridgehead atoms. The molecule has 0 saturated carbocycles. The average molecular weight is 305 g/mol. The zero-order valence-corrected chi connectivity index (χ0v) is 12.0. The number of nitrogens with zero attached hydrogens (tertiary/aromatic N) is 1. The fourth-order valence-corrected chi connectivity index (χ4v) is 2.53. The highest BCUT2D eigenvalue weighted by atomic mass is 19.2. The highest BCUT2D eigenvalue weighted by Crippen LogP contribution is 2.23. The van der Waals surface area contributed by atoms with Gasteiger partial charge >= 0.3 is 0 Å². The minimum atomic E-state index is -0.871. The van der Waals surface area contributed by atoms with Crippen molar-refractivity contribution in [1.29, 1.82) is 0 Å². The van der Waals surface area contributed by atoms with Crippen LogP contribution in [0.5, 0.6) is 5.75 Å². The average Bonchev–Trinajstić information content (AvgIpc) is 2.95. The Bertz CT molecular complexity index is 646. The third-order valence-corrected chi connectivity index (χ3v) is 3.75. The fourth-order valence-electron chi connectivity index (χ4n) is 2.53. The van der Waals surface area contributed by atoms with E-state index in [2.05, 4.69) is 4.90 Å². The van der Waals surface area contributed by atoms with E-state index in [1.165, 1.54) is 6.07 Å². The predicted octanol–water partition coefficient (Wildman–Crippen LogP) is 3.11. The molecule has 0 aromatic heterocycles. The number of benzene rings is 2. The van der Waals surface area contributed by atoms with E-state index in [9.17, 15) is 13.9 Å². The van der Waals surface area contributed by atoms with Gasteiger partial charge < -0.3 is 14.7 Å². The zero-order valence-electron chi connectivity index (χ0n) is 12.0. The second-order valence-electron chi connectivity index (χ2n) is 5.42. The summed E-state index contributed by atoms with van der Waals surface area (Å²) in [5.74, 6) is -1.07. The monoisotopic (exact) mass is 305 g/mol. The first-order chi connectivity index (χ1) is 10.6. The molecule has 5 heteroatoms. The number of hydrogen-bond acceptors (Lipinski definition) is 3. The smallest absolute Gasteiger partial charge is 0.159 e. The Morgan fingerprint density at radius 2 is 1.86 bits per heavy atom. The first kappa shape index (κ1) is 14.8. The first-order valence-corrected chi connectivity index (χ1v) is 7.21. The topological polar surface area (TPSA) is 32.7 Å². The van der Waals surface area contributed by atoms with Gasteiger partial charge in [0.05, 0.1) is 6.10 Å². The van der Waals surface area contributed by atoms with E-state index in [0.29, 0.717) is 17.9 Å². The van der Waals surface area contributed by atoms with Crippen LogP contribution in [0.1, 0.15) is 12.0 Å². The number of ether oxygens (including phenoxy) is 1. The summed E-state index contributed by atoms with van der Waals surface area (Å²) in [6.45, 7) is 1.67. The molecule has 2 aromatic carbocycles. The van der Waals surface area contributed by atoms with Crippen LogP contribution in [0.3, 0.4) is 0 Å². The second kappa shape index (κ2) is 6.32. The van der Waals surface area contributed by atoms with Crippen LogP contribution in [0.2, 0.25) is 0 Å². The maximum absolute atomic E-state index is 13.1. The molecule has 3 nitrogen and oxygen atoms in total. The number of aliphatic hydroxyl groups is 1. The van der Waals surface area contributed by atoms with Crippen molar-refractivity contribution >= 4 is 5.69 Å². The molecule has 0 unspecified atom stereocenters. The summed E-state index contributed by atoms with van der Waals surface area (Å²) in [4.78, 5) is 2.11. The lowest BCUT2D eigenvalue weighted by molar-refractivity contribution is 0.198. The molecule has 3 rings (SSSR count). The Morgan fingerprint density at radius 3 is 2.50 bits per heavy atom. The molecule has 0 spiro atoms. The quantitative estimate of drug-likeness (QED) is 0.942. The Hall–Kier alpha value is -2.14. The van der Waals surface area contributed by atoms with E-state index in [-0.39, 0.29) is 12.7 Å². The molecule has 116 valence electrons. The van der Waals surface area contributed by atoms with E-state index in [4.69, 9.17) is 4.74 Å². The van der Waals surface area contributed by atoms with Crippen molar-refractivity contribution in [2.24, 2.45) is 0 Å². The second-order valence-corrected chi connectivity index (χ2v) is 5.42. The summed E-state index contributed by atoms with van der Waals surface area (Å²) in [5.41, 5.74) is 1.61. The molecular weight excluding hydrogens is 288 g/mol. The van der Waals surface area contributed by atoms with Crippen molar-refractivity contribution in [1.82, 2.24) is 0 Å². The maximum Gasteiger partial charge on any atom is 0.159 e. The van der Waals surface area contributed by atoms with Gasteiger partial charge in [-0.05, 0) is 48.4 Å². The van der Waals surface area contributed by atoms with Crippen molar-refractivity contribution in [3.8, 4) is 5.75 Å². The van der Waals surface area contributed by atoms with Gasteiger partial charge in [0, 0.05) is 18.8 Å². The molecule has 1 aliphatic rings. The summed E-state index contributed by atoms with van der Waals surface area (Å²) in [7, 11) is 0. The van der Waals surface area contributed by atoms with Crippen molar-refractivity contribution in [2.75, 3.05) is 18.0 Å². The van der Waals surface area contributed by atoms with Crippen LogP contribution in [-0.2, 0) is 6.61 Å². The van der Waals surface area contributed by atoms with Gasteiger partial charge in [0.15, 0.2) is 11.6 Å². The van der Waals surface area contributed by atoms with Gasteiger partial charge in [0.2, 0.25) is 0 Å². The van der Waals surface area contributed by atoms with Gasteiger partial charge in [-0.1, -0.05) is 6.07 Å². The van der Waals surface area contributed by atoms with Crippen LogP contribution in [0, 0.1) is 11.6 Å². The molecular formula is C17H17F2NO2. The summed E-state index contributed by atoms with van der Waals surface area (Å²) >= 11 is 0. The van der Waals surface area contributed by atoms with Gasteiger partial charge in [0.1, 0.15) is 12.4 Å². The molecule has 0 amide bonds. The molecule has 1 atom stereocenters. The van der Waals surface area contributed by atoms with E-state index in [1.54, 1.807) is 0 Å². The highest BCUT2D eigenvalue weighted by Gasteiger charge is 2.20. The molecule has 1 heterocycles. The standard InChI is InChI=1S/C17H17F2NO2/c18-16-6-1-12(9-17(16)19)11-22-15-4-2-13(3-5-15)20-8-7-14(21)10-20/h1-6,9,14,21H,7-8,10-11H2/t14-/m1/s1. The van der Waals surface area contributed by atoms with Crippen molar-refractivity contribution < 1.29 is 18.6 Å². The molecule has 2 aromatic rings. The number of halogens is 2. The minimum Gasteiger partial charge on any atom is -0.489 e. The van der Waals surface area contributed by atoms with Crippen LogP contribution >= 0.6 is 0 Å². The van der Waals surface area contributed by atoms with Crippen LogP contribution in [0.25, 0.3) is 0 Å². The number of aliphatic hydroxyl groups excluding tert-OH is 1. The Kier molecular flexibility index (Phi) is 4.24. The predicted molar refractivity (Wildman–Crippen MR) is 80.0 cm³/mol. The third-order valence-electron chi connectivity index (χ3n) is 3.75. The fraction of sp³-hybridized carbons (Fsp3) is 0.294.